The summed E-state index contributed by atoms with van der Waals surface area (Å²) >= 11 is 8.78. The Kier molecular flexibility index (Phi) is 5.94. The number of furan rings is 1. The first kappa shape index (κ1) is 20.6. The van der Waals surface area contributed by atoms with Crippen LogP contribution >= 0.6 is 34.7 Å². The molecule has 0 fully saturated rings. The summed E-state index contributed by atoms with van der Waals surface area (Å²) in [5.41, 5.74) is 1.58. The Labute approximate surface area is 186 Å². The van der Waals surface area contributed by atoms with E-state index in [4.69, 9.17) is 16.0 Å². The minimum atomic E-state index is -0.399. The molecule has 0 bridgehead atoms. The molecular weight excluding hydrogens is 442 g/mol. The number of benzene rings is 1. The van der Waals surface area contributed by atoms with Crippen molar-refractivity contribution in [2.45, 2.75) is 30.8 Å². The first-order valence-electron chi connectivity index (χ1n) is 9.08. The molecule has 4 rings (SSSR count). The molecule has 0 aliphatic carbocycles. The molecular formula is C20H18ClN5O2S2. The molecule has 0 aliphatic rings. The molecule has 1 amide bonds. The zero-order chi connectivity index (χ0) is 21.3. The Morgan fingerprint density at radius 3 is 3.00 bits per heavy atom. The summed E-state index contributed by atoms with van der Waals surface area (Å²) in [6, 6.07) is 7.30. The molecule has 1 atom stereocenters. The molecule has 7 nitrogen and oxygen atoms in total. The van der Waals surface area contributed by atoms with E-state index in [1.54, 1.807) is 12.1 Å². The van der Waals surface area contributed by atoms with Gasteiger partial charge in [0, 0.05) is 22.3 Å². The van der Waals surface area contributed by atoms with Crippen molar-refractivity contribution in [2.75, 3.05) is 5.32 Å². The van der Waals surface area contributed by atoms with E-state index in [2.05, 4.69) is 27.1 Å². The fraction of sp³-hybridized carbons (Fsp3) is 0.200. The number of aryl methyl sites for hydroxylation is 1. The van der Waals surface area contributed by atoms with Gasteiger partial charge in [0.15, 0.2) is 16.0 Å². The Balaban J connectivity index is 1.58. The first-order chi connectivity index (χ1) is 14.4. The van der Waals surface area contributed by atoms with E-state index in [0.29, 0.717) is 39.0 Å². The lowest BCUT2D eigenvalue weighted by atomic mass is 10.2. The highest BCUT2D eigenvalue weighted by molar-refractivity contribution is 8.00. The second-order valence-corrected chi connectivity index (χ2v) is 9.14. The van der Waals surface area contributed by atoms with Crippen LogP contribution in [0.4, 0.5) is 5.13 Å². The van der Waals surface area contributed by atoms with Gasteiger partial charge in [0.1, 0.15) is 5.58 Å². The van der Waals surface area contributed by atoms with Gasteiger partial charge in [-0.2, -0.15) is 0 Å². The molecule has 1 N–H and O–H groups in total. The van der Waals surface area contributed by atoms with Crippen molar-refractivity contribution in [1.29, 1.82) is 0 Å². The maximum Gasteiger partial charge on any atom is 0.239 e. The molecule has 0 saturated carbocycles. The number of rotatable bonds is 7. The summed E-state index contributed by atoms with van der Waals surface area (Å²) in [6.07, 6.45) is 1.75. The van der Waals surface area contributed by atoms with Crippen LogP contribution in [-0.2, 0) is 11.3 Å². The maximum absolute atomic E-state index is 12.5. The SMILES string of the molecule is C=CCn1c(S[C@@H](C)C(=O)Nc2nc(C)cs2)nnc1-c1cc2cc(Cl)ccc2o1. The van der Waals surface area contributed by atoms with Crippen molar-refractivity contribution in [1.82, 2.24) is 19.7 Å². The van der Waals surface area contributed by atoms with Crippen LogP contribution in [-0.4, -0.2) is 30.9 Å². The average molecular weight is 460 g/mol. The third-order valence-corrected chi connectivity index (χ3v) is 6.42. The normalized spacial score (nSPS) is 12.2. The number of hydrogen-bond acceptors (Lipinski definition) is 7. The number of carbonyl (C=O) groups excluding carboxylic acids is 1. The lowest BCUT2D eigenvalue weighted by Crippen LogP contribution is -2.22. The highest BCUT2D eigenvalue weighted by atomic mass is 35.5. The van der Waals surface area contributed by atoms with Crippen LogP contribution in [0.25, 0.3) is 22.6 Å². The van der Waals surface area contributed by atoms with Crippen molar-refractivity contribution >= 4 is 56.7 Å². The molecule has 4 aromatic rings. The molecule has 30 heavy (non-hydrogen) atoms. The van der Waals surface area contributed by atoms with Gasteiger partial charge in [-0.25, -0.2) is 4.98 Å². The van der Waals surface area contributed by atoms with Crippen molar-refractivity contribution in [2.24, 2.45) is 0 Å². The lowest BCUT2D eigenvalue weighted by Gasteiger charge is -2.11. The highest BCUT2D eigenvalue weighted by Crippen LogP contribution is 2.32. The fourth-order valence-corrected chi connectivity index (χ4v) is 4.54. The largest absolute Gasteiger partial charge is 0.453 e. The molecule has 0 aliphatic heterocycles. The molecule has 0 spiro atoms. The van der Waals surface area contributed by atoms with Gasteiger partial charge in [-0.15, -0.1) is 28.1 Å². The number of anilines is 1. The number of carbonyl (C=O) groups is 1. The van der Waals surface area contributed by atoms with Crippen LogP contribution in [0.1, 0.15) is 12.6 Å². The number of nitrogens with zero attached hydrogens (tertiary/aromatic N) is 4. The predicted molar refractivity (Wildman–Crippen MR) is 121 cm³/mol. The van der Waals surface area contributed by atoms with Gasteiger partial charge in [-0.1, -0.05) is 29.4 Å². The number of hydrogen-bond donors (Lipinski definition) is 1. The molecule has 0 saturated heterocycles. The standard InChI is InChI=1S/C20H18ClN5O2S2/c1-4-7-26-17(16-9-13-8-14(21)5-6-15(13)28-16)24-25-20(26)30-12(3)18(27)23-19-22-11(2)10-29-19/h4-6,8-10,12H,1,7H2,2-3H3,(H,22,23,27)/t12-/m0/s1. The number of amides is 1. The monoisotopic (exact) mass is 459 g/mol. The minimum absolute atomic E-state index is 0.151. The topological polar surface area (TPSA) is 85.8 Å². The maximum atomic E-state index is 12.5. The summed E-state index contributed by atoms with van der Waals surface area (Å²) in [4.78, 5) is 16.8. The summed E-state index contributed by atoms with van der Waals surface area (Å²) in [5, 5.41) is 15.6. The quantitative estimate of drug-likeness (QED) is 0.293. The van der Waals surface area contributed by atoms with Crippen LogP contribution in [0.15, 0.2) is 51.9 Å². The van der Waals surface area contributed by atoms with Gasteiger partial charge in [0.2, 0.25) is 11.7 Å². The number of allylic oxidation sites excluding steroid dienone is 1. The van der Waals surface area contributed by atoms with Gasteiger partial charge in [0.25, 0.3) is 0 Å². The summed E-state index contributed by atoms with van der Waals surface area (Å²) < 4.78 is 7.80. The Hall–Kier alpha value is -2.62. The van der Waals surface area contributed by atoms with E-state index in [9.17, 15) is 4.79 Å². The number of halogens is 1. The molecule has 3 aromatic heterocycles. The number of nitrogens with one attached hydrogen (secondary N) is 1. The van der Waals surface area contributed by atoms with Crippen molar-refractivity contribution < 1.29 is 9.21 Å². The van der Waals surface area contributed by atoms with E-state index < -0.39 is 5.25 Å². The van der Waals surface area contributed by atoms with E-state index in [1.165, 1.54) is 23.1 Å². The van der Waals surface area contributed by atoms with Gasteiger partial charge >= 0.3 is 0 Å². The molecule has 154 valence electrons. The van der Waals surface area contributed by atoms with E-state index in [0.717, 1.165) is 11.1 Å². The first-order valence-corrected chi connectivity index (χ1v) is 11.2. The van der Waals surface area contributed by atoms with Gasteiger partial charge < -0.3 is 9.73 Å². The molecule has 10 heteroatoms. The predicted octanol–water partition coefficient (Wildman–Crippen LogP) is 5.41. The zero-order valence-corrected chi connectivity index (χ0v) is 18.6. The number of thiazole rings is 1. The summed E-state index contributed by atoms with van der Waals surface area (Å²) in [7, 11) is 0. The van der Waals surface area contributed by atoms with Gasteiger partial charge in [-0.05, 0) is 38.1 Å². The van der Waals surface area contributed by atoms with Gasteiger partial charge in [-0.3, -0.25) is 9.36 Å². The Morgan fingerprint density at radius 2 is 2.27 bits per heavy atom. The van der Waals surface area contributed by atoms with Crippen molar-refractivity contribution in [3.05, 3.63) is 53.0 Å². The second kappa shape index (κ2) is 8.63. The number of aromatic nitrogens is 4. The van der Waals surface area contributed by atoms with E-state index >= 15 is 0 Å². The summed E-state index contributed by atoms with van der Waals surface area (Å²) in [5.74, 6) is 0.985. The van der Waals surface area contributed by atoms with Crippen LogP contribution in [0.2, 0.25) is 5.02 Å². The Morgan fingerprint density at radius 1 is 1.43 bits per heavy atom. The third-order valence-electron chi connectivity index (χ3n) is 4.23. The van der Waals surface area contributed by atoms with Crippen LogP contribution in [0.3, 0.4) is 0 Å². The van der Waals surface area contributed by atoms with Crippen molar-refractivity contribution in [3.63, 3.8) is 0 Å². The molecule has 0 unspecified atom stereocenters. The molecule has 0 radical (unpaired) electrons. The van der Waals surface area contributed by atoms with E-state index in [-0.39, 0.29) is 5.91 Å². The van der Waals surface area contributed by atoms with Crippen LogP contribution in [0, 0.1) is 6.92 Å². The summed E-state index contributed by atoms with van der Waals surface area (Å²) in [6.45, 7) is 7.99. The van der Waals surface area contributed by atoms with Crippen LogP contribution < -0.4 is 5.32 Å². The van der Waals surface area contributed by atoms with Crippen molar-refractivity contribution in [3.8, 4) is 11.6 Å². The minimum Gasteiger partial charge on any atom is -0.453 e. The second-order valence-electron chi connectivity index (χ2n) is 6.54. The number of thioether (sulfide) groups is 1. The number of fused-ring (bicyclic) bond motifs is 1. The Bertz CT molecular complexity index is 1230. The van der Waals surface area contributed by atoms with Crippen LogP contribution in [0.5, 0.6) is 0 Å². The average Bonchev–Trinajstić information content (AvgIpc) is 3.41. The smallest absolute Gasteiger partial charge is 0.239 e. The molecule has 1 aromatic carbocycles. The van der Waals surface area contributed by atoms with E-state index in [1.807, 2.05) is 42.0 Å². The molecule has 3 heterocycles. The third kappa shape index (κ3) is 4.28. The van der Waals surface area contributed by atoms with Gasteiger partial charge in [0.05, 0.1) is 10.9 Å². The highest BCUT2D eigenvalue weighted by Gasteiger charge is 2.22. The fourth-order valence-electron chi connectivity index (χ4n) is 2.81. The zero-order valence-electron chi connectivity index (χ0n) is 16.3. The lowest BCUT2D eigenvalue weighted by molar-refractivity contribution is -0.115.